The summed E-state index contributed by atoms with van der Waals surface area (Å²) >= 11 is 1.86. The molecule has 0 spiro atoms. The maximum Gasteiger partial charge on any atom is 0.159 e. The Balaban J connectivity index is 1.17. The summed E-state index contributed by atoms with van der Waals surface area (Å²) in [6, 6.07) is 49.5. The van der Waals surface area contributed by atoms with Crippen LogP contribution in [0.5, 0.6) is 0 Å². The van der Waals surface area contributed by atoms with Crippen LogP contribution in [-0.4, -0.2) is 24.1 Å². The molecule has 11 aromatic rings. The van der Waals surface area contributed by atoms with E-state index in [1.165, 1.54) is 58.3 Å². The lowest BCUT2D eigenvalue weighted by Crippen LogP contribution is -1.95. The predicted molar refractivity (Wildman–Crippen MR) is 204 cm³/mol. The van der Waals surface area contributed by atoms with E-state index < -0.39 is 0 Å². The van der Waals surface area contributed by atoms with Crippen molar-refractivity contribution in [3.05, 3.63) is 152 Å². The Labute approximate surface area is 284 Å². The molecule has 0 bridgehead atoms. The number of benzene rings is 6. The van der Waals surface area contributed by atoms with Gasteiger partial charge in [0.25, 0.3) is 0 Å². The monoisotopic (exact) mass is 643 g/mol. The van der Waals surface area contributed by atoms with E-state index in [0.717, 1.165) is 39.3 Å². The van der Waals surface area contributed by atoms with Crippen molar-refractivity contribution in [1.29, 1.82) is 0 Å². The van der Waals surface area contributed by atoms with Crippen molar-refractivity contribution in [2.45, 2.75) is 0 Å². The van der Waals surface area contributed by atoms with Crippen molar-refractivity contribution in [3.8, 4) is 22.8 Å². The molecule has 0 amide bonds. The van der Waals surface area contributed by atoms with Crippen molar-refractivity contribution in [2.24, 2.45) is 0 Å². The smallest absolute Gasteiger partial charge is 0.159 e. The zero-order chi connectivity index (χ0) is 32.1. The highest BCUT2D eigenvalue weighted by atomic mass is 32.1. The largest absolute Gasteiger partial charge is 0.309 e. The predicted octanol–water partition coefficient (Wildman–Crippen LogP) is 11.3. The molecule has 0 atom stereocenters. The number of nitrogens with zero attached hydrogens (tertiary/aromatic N) is 5. The fourth-order valence-corrected chi connectivity index (χ4v) is 8.87. The summed E-state index contributed by atoms with van der Waals surface area (Å²) in [5.41, 5.74) is 8.70. The second-order valence-corrected chi connectivity index (χ2v) is 13.6. The van der Waals surface area contributed by atoms with Gasteiger partial charge in [0.15, 0.2) is 5.82 Å². The molecule has 0 saturated heterocycles. The highest BCUT2D eigenvalue weighted by Crippen LogP contribution is 2.45. The molecule has 0 N–H and O–H groups in total. The minimum Gasteiger partial charge on any atom is -0.309 e. The van der Waals surface area contributed by atoms with E-state index >= 15 is 0 Å². The second-order valence-electron chi connectivity index (χ2n) is 12.5. The SMILES string of the molecule is c1ccc(-c2ncc3cc(-n4c5ccccc5c5cc6c(cc54)sc4c6ccc5c6cccnc6n(-c6ccccc6)c54)ccc3n2)cc1. The molecule has 6 aromatic carbocycles. The van der Waals surface area contributed by atoms with Gasteiger partial charge in [-0.05, 0) is 60.7 Å². The summed E-state index contributed by atoms with van der Waals surface area (Å²) in [5.74, 6) is 0.737. The molecule has 0 saturated carbocycles. The van der Waals surface area contributed by atoms with Crippen molar-refractivity contribution in [3.63, 3.8) is 0 Å². The minimum atomic E-state index is 0.737. The maximum absolute atomic E-state index is 4.90. The van der Waals surface area contributed by atoms with Crippen molar-refractivity contribution < 1.29 is 0 Å². The molecule has 0 radical (unpaired) electrons. The third-order valence-corrected chi connectivity index (χ3v) is 11.0. The van der Waals surface area contributed by atoms with Crippen LogP contribution in [0.1, 0.15) is 0 Å². The first-order valence-electron chi connectivity index (χ1n) is 16.4. The van der Waals surface area contributed by atoms with Crippen LogP contribution >= 0.6 is 11.3 Å². The van der Waals surface area contributed by atoms with Crippen LogP contribution in [0.15, 0.2) is 152 Å². The Bertz CT molecular complexity index is 3100. The average molecular weight is 644 g/mol. The van der Waals surface area contributed by atoms with Crippen LogP contribution in [0.4, 0.5) is 0 Å². The molecule has 0 aliphatic heterocycles. The zero-order valence-electron chi connectivity index (χ0n) is 26.1. The van der Waals surface area contributed by atoms with Crippen LogP contribution in [0.3, 0.4) is 0 Å². The topological polar surface area (TPSA) is 48.5 Å². The van der Waals surface area contributed by atoms with Crippen molar-refractivity contribution in [2.75, 3.05) is 0 Å². The molecule has 5 nitrogen and oxygen atoms in total. The van der Waals surface area contributed by atoms with Gasteiger partial charge >= 0.3 is 0 Å². The highest BCUT2D eigenvalue weighted by Gasteiger charge is 2.20. The van der Waals surface area contributed by atoms with E-state index in [1.54, 1.807) is 0 Å². The molecule has 228 valence electrons. The van der Waals surface area contributed by atoms with E-state index in [9.17, 15) is 0 Å². The second kappa shape index (κ2) is 10.1. The zero-order valence-corrected chi connectivity index (χ0v) is 26.9. The third-order valence-electron chi connectivity index (χ3n) is 9.79. The summed E-state index contributed by atoms with van der Waals surface area (Å²) in [6.07, 6.45) is 3.83. The Kier molecular flexibility index (Phi) is 5.48. The van der Waals surface area contributed by atoms with Crippen LogP contribution < -0.4 is 0 Å². The lowest BCUT2D eigenvalue weighted by atomic mass is 10.1. The number of aromatic nitrogens is 5. The Morgan fingerprint density at radius 2 is 1.31 bits per heavy atom. The molecule has 0 fully saturated rings. The lowest BCUT2D eigenvalue weighted by Gasteiger charge is -2.10. The van der Waals surface area contributed by atoms with Gasteiger partial charge in [0, 0.05) is 71.7 Å². The van der Waals surface area contributed by atoms with Gasteiger partial charge in [-0.2, -0.15) is 0 Å². The molecule has 0 unspecified atom stereocenters. The summed E-state index contributed by atoms with van der Waals surface area (Å²) in [7, 11) is 0. The Hall–Kier alpha value is -6.37. The molecule has 11 rings (SSSR count). The van der Waals surface area contributed by atoms with Crippen molar-refractivity contribution >= 4 is 86.2 Å². The van der Waals surface area contributed by atoms with E-state index in [2.05, 4.69) is 112 Å². The Morgan fingerprint density at radius 1 is 0.510 bits per heavy atom. The molecule has 0 aliphatic carbocycles. The first-order chi connectivity index (χ1) is 24.3. The van der Waals surface area contributed by atoms with E-state index in [-0.39, 0.29) is 0 Å². The number of fused-ring (bicyclic) bond motifs is 11. The average Bonchev–Trinajstić information content (AvgIpc) is 3.81. The molecule has 49 heavy (non-hydrogen) atoms. The van der Waals surface area contributed by atoms with Gasteiger partial charge in [0.2, 0.25) is 0 Å². The third kappa shape index (κ3) is 3.83. The van der Waals surface area contributed by atoms with E-state index in [1.807, 2.05) is 60.1 Å². The fourth-order valence-electron chi connectivity index (χ4n) is 7.61. The van der Waals surface area contributed by atoms with Gasteiger partial charge in [-0.25, -0.2) is 15.0 Å². The number of pyridine rings is 1. The number of hydrogen-bond donors (Lipinski definition) is 0. The standard InChI is InChI=1S/C43H25N5S/c1-3-10-26(11-4-1)42-45-25-27-22-29(17-20-36(27)46-42)47-37-16-8-7-14-30(37)34-23-35-32-19-18-31-33-15-9-21-44-43(33)48(28-12-5-2-6-13-28)40(31)41(32)49-39(35)24-38(34)47/h1-25H. The molecule has 5 aromatic heterocycles. The van der Waals surface area contributed by atoms with Gasteiger partial charge in [-0.15, -0.1) is 11.3 Å². The lowest BCUT2D eigenvalue weighted by molar-refractivity contribution is 1.14. The quantitative estimate of drug-likeness (QED) is 0.192. The van der Waals surface area contributed by atoms with Gasteiger partial charge < -0.3 is 4.57 Å². The first-order valence-corrected chi connectivity index (χ1v) is 17.2. The number of rotatable bonds is 3. The van der Waals surface area contributed by atoms with Gasteiger partial charge in [0.1, 0.15) is 5.65 Å². The number of hydrogen-bond acceptors (Lipinski definition) is 4. The minimum absolute atomic E-state index is 0.737. The summed E-state index contributed by atoms with van der Waals surface area (Å²) < 4.78 is 7.25. The van der Waals surface area contributed by atoms with Crippen LogP contribution in [-0.2, 0) is 0 Å². The van der Waals surface area contributed by atoms with Crippen LogP contribution in [0, 0.1) is 0 Å². The maximum atomic E-state index is 4.90. The molecule has 0 aliphatic rings. The van der Waals surface area contributed by atoms with Gasteiger partial charge in [-0.3, -0.25) is 4.57 Å². The highest BCUT2D eigenvalue weighted by molar-refractivity contribution is 7.26. The summed E-state index contributed by atoms with van der Waals surface area (Å²) in [5, 5.41) is 8.41. The Morgan fingerprint density at radius 3 is 2.20 bits per heavy atom. The number of thiophene rings is 1. The van der Waals surface area contributed by atoms with Crippen LogP contribution in [0.2, 0.25) is 0 Å². The molecule has 6 heteroatoms. The van der Waals surface area contributed by atoms with Crippen LogP contribution in [0.25, 0.3) is 97.6 Å². The summed E-state index contributed by atoms with van der Waals surface area (Å²) in [4.78, 5) is 14.5. The van der Waals surface area contributed by atoms with Gasteiger partial charge in [-0.1, -0.05) is 78.9 Å². The van der Waals surface area contributed by atoms with E-state index in [4.69, 9.17) is 15.0 Å². The van der Waals surface area contributed by atoms with Gasteiger partial charge in [0.05, 0.1) is 26.8 Å². The van der Waals surface area contributed by atoms with Crippen molar-refractivity contribution in [1.82, 2.24) is 24.1 Å². The molecular formula is C43H25N5S. The fraction of sp³-hybridized carbons (Fsp3) is 0. The summed E-state index contributed by atoms with van der Waals surface area (Å²) in [6.45, 7) is 0. The molecule has 5 heterocycles. The first kappa shape index (κ1) is 26.7. The normalized spacial score (nSPS) is 12.1. The molecular weight excluding hydrogens is 619 g/mol. The number of para-hydroxylation sites is 2. The van der Waals surface area contributed by atoms with E-state index in [0.29, 0.717) is 0 Å².